The van der Waals surface area contributed by atoms with Crippen LogP contribution in [-0.2, 0) is 26.4 Å². The van der Waals surface area contributed by atoms with E-state index in [1.165, 1.54) is 0 Å². The van der Waals surface area contributed by atoms with E-state index in [1.807, 2.05) is 283 Å². The fourth-order valence-electron chi connectivity index (χ4n) is 12.6. The molecule has 0 saturated heterocycles. The van der Waals surface area contributed by atoms with E-state index in [4.69, 9.17) is 53.2 Å². The van der Waals surface area contributed by atoms with Crippen LogP contribution in [0.1, 0.15) is 112 Å². The average molecular weight is 1600 g/mol. The van der Waals surface area contributed by atoms with E-state index in [0.29, 0.717) is 77.3 Å². The molecule has 6 heterocycles. The SMILES string of the molecule is [C-]#[N+]C1=C(/C=C/c2ccc(/C=C/c3ccc(N(C)CCO)cc3OC)s2)C(C)(C)O/C1=C(\C)C#N.[C-]#[N+]C1=C(/C=C/c2ccc(/C=C/c3ccc(N(C)CCO)cc3OC)s2)C(C)(c2ccccc2)O/C1=C(\C)C#N.[C-]#[N+]C1=C(/C=C/c2ccc(/C=C/c3ccc(N(C)CCO)cc3OCc3ccccc3)s2)C(C)(C)O/C1=C(\C)C#N. The standard InChI is InChI=1S/C34H33N3O3S.C33H31N3O3S.C28H29N3O3S/c1-24(22-35)33-32(36-4)30(34(2,3)40-33)18-17-29-16-15-28(41-29)14-12-26-11-13-27(37(5)19-20-38)21-31(26)39-23-25-9-7-6-8-10-25;1-23(22-34)32-31(35-3)29(33(2,39-32)25-9-7-6-8-10-25)18-17-28-16-15-27(40-28)14-12-24-11-13-26(21-30(24)38-5)36(4)19-20-37;1-19(18-29)27-26(30-4)24(28(2,3)34-27)14-13-23-12-11-22(35-23)10-8-20-7-9-21(17-25(20)33-6)31(5)15-16-32/h6-18,21,38H,19-20,23H2,1-3,5H3;6-18,21,37H,19-20H2,1-2,4-5H3;7-14,17,32H,15-16H2,1-3,5-6H3/b14-12+,18-17+,33-24+;14-12+,18-17+,32-23+;10-8+,14-13+,27-19+. The van der Waals surface area contributed by atoms with Crippen molar-refractivity contribution < 1.29 is 43.7 Å². The molecular weight excluding hydrogens is 1510 g/mol. The molecule has 18 nitrogen and oxygen atoms in total. The molecule has 0 bridgehead atoms. The summed E-state index contributed by atoms with van der Waals surface area (Å²) in [7, 11) is 9.10. The molecular formula is C95H93N9O9S3. The van der Waals surface area contributed by atoms with Crippen molar-refractivity contribution in [3.05, 3.63) is 329 Å². The highest BCUT2D eigenvalue weighted by atomic mass is 32.1. The minimum atomic E-state index is -0.890. The molecule has 3 aromatic heterocycles. The number of hydrogen-bond acceptors (Lipinski definition) is 18. The van der Waals surface area contributed by atoms with Gasteiger partial charge in [-0.3, -0.25) is 0 Å². The van der Waals surface area contributed by atoms with Crippen molar-refractivity contribution in [2.45, 2.75) is 78.8 Å². The van der Waals surface area contributed by atoms with Gasteiger partial charge in [0.05, 0.1) is 88.7 Å². The second-order valence-corrected chi connectivity index (χ2v) is 31.5. The number of benzene rings is 5. The molecule has 0 fully saturated rings. The fraction of sp³-hybridized carbons (Fsp3) is 0.242. The van der Waals surface area contributed by atoms with E-state index in [-0.39, 0.29) is 19.8 Å². The van der Waals surface area contributed by atoms with Crippen LogP contribution in [0.2, 0.25) is 0 Å². The summed E-state index contributed by atoms with van der Waals surface area (Å²) in [4.78, 5) is 23.4. The van der Waals surface area contributed by atoms with Crippen LogP contribution in [0.3, 0.4) is 0 Å². The van der Waals surface area contributed by atoms with Gasteiger partial charge in [0.2, 0.25) is 17.1 Å². The quantitative estimate of drug-likeness (QED) is 0.0323. The van der Waals surface area contributed by atoms with Gasteiger partial charge < -0.3 is 58.4 Å². The maximum absolute atomic E-state index is 9.52. The van der Waals surface area contributed by atoms with Gasteiger partial charge in [-0.25, -0.2) is 14.5 Å². The van der Waals surface area contributed by atoms with Gasteiger partial charge in [-0.15, -0.1) is 34.0 Å². The summed E-state index contributed by atoms with van der Waals surface area (Å²) in [6.07, 6.45) is 23.9. The smallest absolute Gasteiger partial charge is 0.236 e. The Morgan fingerprint density at radius 2 is 0.733 bits per heavy atom. The van der Waals surface area contributed by atoms with Crippen LogP contribution in [0.25, 0.3) is 69.2 Å². The highest BCUT2D eigenvalue weighted by Gasteiger charge is 2.44. The molecule has 0 aliphatic carbocycles. The van der Waals surface area contributed by atoms with Gasteiger partial charge in [0.15, 0.2) is 0 Å². The third kappa shape index (κ3) is 21.7. The highest BCUT2D eigenvalue weighted by Crippen LogP contribution is 2.49. The van der Waals surface area contributed by atoms with Crippen LogP contribution in [0.15, 0.2) is 238 Å². The summed E-state index contributed by atoms with van der Waals surface area (Å²) in [5, 5.41) is 55.8. The molecule has 0 radical (unpaired) electrons. The lowest BCUT2D eigenvalue weighted by Gasteiger charge is -2.28. The second kappa shape index (κ2) is 40.7. The largest absolute Gasteiger partial charge is 0.496 e. The van der Waals surface area contributed by atoms with Crippen LogP contribution in [0, 0.1) is 53.7 Å². The Bertz CT molecular complexity index is 5560. The molecule has 590 valence electrons. The summed E-state index contributed by atoms with van der Waals surface area (Å²) >= 11 is 4.88. The van der Waals surface area contributed by atoms with Crippen molar-refractivity contribution in [2.24, 2.45) is 0 Å². The Morgan fingerprint density at radius 3 is 1.07 bits per heavy atom. The number of rotatable bonds is 27. The number of nitriles is 3. The zero-order chi connectivity index (χ0) is 83.7. The molecule has 0 saturated carbocycles. The lowest BCUT2D eigenvalue weighted by atomic mass is 9.87. The van der Waals surface area contributed by atoms with E-state index in [2.05, 4.69) is 44.9 Å². The van der Waals surface area contributed by atoms with E-state index in [0.717, 1.165) is 108 Å². The van der Waals surface area contributed by atoms with Gasteiger partial charge >= 0.3 is 0 Å². The number of allylic oxidation sites excluding steroid dienone is 3. The maximum atomic E-state index is 9.52. The Labute approximate surface area is 693 Å². The average Bonchev–Trinajstić information content (AvgIpc) is 1.59. The molecule has 116 heavy (non-hydrogen) atoms. The number of aliphatic hydroxyl groups excluding tert-OH is 3. The van der Waals surface area contributed by atoms with Gasteiger partial charge in [0, 0.05) is 139 Å². The molecule has 0 spiro atoms. The fourth-order valence-corrected chi connectivity index (χ4v) is 15.1. The number of hydrogen-bond donors (Lipinski definition) is 3. The lowest BCUT2D eigenvalue weighted by Crippen LogP contribution is -2.23. The minimum Gasteiger partial charge on any atom is -0.496 e. The monoisotopic (exact) mass is 1600 g/mol. The summed E-state index contributed by atoms with van der Waals surface area (Å²) in [5.74, 6) is 3.35. The van der Waals surface area contributed by atoms with Gasteiger partial charge in [-0.1, -0.05) is 78.9 Å². The molecule has 3 aliphatic rings. The molecule has 11 rings (SSSR count). The first-order valence-electron chi connectivity index (χ1n) is 37.2. The Hall–Kier alpha value is -12.9. The lowest BCUT2D eigenvalue weighted by molar-refractivity contribution is 0.0749. The Kier molecular flexibility index (Phi) is 30.6. The van der Waals surface area contributed by atoms with Crippen LogP contribution in [-0.4, -0.2) is 101 Å². The number of anilines is 3. The summed E-state index contributed by atoms with van der Waals surface area (Å²) < 4.78 is 35.7. The molecule has 21 heteroatoms. The van der Waals surface area contributed by atoms with Crippen LogP contribution in [0.5, 0.6) is 17.2 Å². The molecule has 0 amide bonds. The first-order chi connectivity index (χ1) is 55.8. The summed E-state index contributed by atoms with van der Waals surface area (Å²) in [5.41, 5.74) is 10.1. The zero-order valence-electron chi connectivity index (χ0n) is 67.4. The molecule has 5 aromatic carbocycles. The second-order valence-electron chi connectivity index (χ2n) is 28.1. The highest BCUT2D eigenvalue weighted by molar-refractivity contribution is 7.14. The summed E-state index contributed by atoms with van der Waals surface area (Å²) in [6.45, 7) is 40.0. The van der Waals surface area contributed by atoms with Gasteiger partial charge in [-0.2, -0.15) is 15.8 Å². The predicted octanol–water partition coefficient (Wildman–Crippen LogP) is 21.2. The number of likely N-dealkylation sites (N-methyl/N-ethyl adjacent to an activating group) is 3. The van der Waals surface area contributed by atoms with E-state index in [1.54, 1.807) is 69.0 Å². The van der Waals surface area contributed by atoms with Crippen molar-refractivity contribution >= 4 is 106 Å². The molecule has 1 atom stereocenters. The topological polar surface area (TPSA) is 210 Å². The third-order valence-corrected chi connectivity index (χ3v) is 22.2. The molecule has 3 N–H and O–H groups in total. The van der Waals surface area contributed by atoms with Crippen molar-refractivity contribution in [1.29, 1.82) is 15.8 Å². The molecule has 8 aromatic rings. The first kappa shape index (κ1) is 87.1. The first-order valence-corrected chi connectivity index (χ1v) is 39.6. The Morgan fingerprint density at radius 1 is 0.422 bits per heavy atom. The van der Waals surface area contributed by atoms with Crippen molar-refractivity contribution in [3.8, 4) is 35.5 Å². The van der Waals surface area contributed by atoms with Crippen molar-refractivity contribution in [3.63, 3.8) is 0 Å². The Balaban J connectivity index is 0.000000200. The number of nitrogens with zero attached hydrogens (tertiary/aromatic N) is 9. The van der Waals surface area contributed by atoms with E-state index in [9.17, 15) is 26.0 Å². The van der Waals surface area contributed by atoms with Gasteiger partial charge in [0.1, 0.15) is 57.9 Å². The number of aliphatic hydroxyl groups is 3. The number of methoxy groups -OCH3 is 2. The van der Waals surface area contributed by atoms with Gasteiger partial charge in [0.25, 0.3) is 0 Å². The van der Waals surface area contributed by atoms with Crippen LogP contribution >= 0.6 is 34.0 Å². The van der Waals surface area contributed by atoms with Gasteiger partial charge in [-0.05, 0) is 194 Å². The van der Waals surface area contributed by atoms with Crippen molar-refractivity contribution in [1.82, 2.24) is 0 Å². The van der Waals surface area contributed by atoms with Crippen LogP contribution < -0.4 is 28.9 Å². The minimum absolute atomic E-state index is 0.0753. The third-order valence-electron chi connectivity index (χ3n) is 19.2. The van der Waals surface area contributed by atoms with Crippen LogP contribution in [0.4, 0.5) is 17.1 Å². The number of ether oxygens (including phenoxy) is 6. The molecule has 3 aliphatic heterocycles. The normalized spacial score (nSPS) is 16.7. The number of thiophene rings is 3. The van der Waals surface area contributed by atoms with E-state index >= 15 is 0 Å². The molecule has 1 unspecified atom stereocenters. The van der Waals surface area contributed by atoms with E-state index < -0.39 is 16.8 Å². The zero-order valence-corrected chi connectivity index (χ0v) is 69.8. The maximum Gasteiger partial charge on any atom is 0.236 e. The summed E-state index contributed by atoms with van der Waals surface area (Å²) in [6, 6.07) is 56.4. The predicted molar refractivity (Wildman–Crippen MR) is 472 cm³/mol. The van der Waals surface area contributed by atoms with Crippen molar-refractivity contribution in [2.75, 3.05) is 89.5 Å².